The minimum atomic E-state index is -0.852. The highest BCUT2D eigenvalue weighted by Crippen LogP contribution is 2.39. The summed E-state index contributed by atoms with van der Waals surface area (Å²) in [6, 6.07) is 10.6. The van der Waals surface area contributed by atoms with Gasteiger partial charge in [0.25, 0.3) is 5.91 Å². The van der Waals surface area contributed by atoms with E-state index in [1.807, 2.05) is 24.9 Å². The minimum Gasteiger partial charge on any atom is -0.494 e. The second kappa shape index (κ2) is 15.2. The van der Waals surface area contributed by atoms with E-state index in [0.29, 0.717) is 83.1 Å². The number of nitrogens with one attached hydrogen (secondary N) is 2. The number of likely N-dealkylation sites (tertiary alicyclic amines) is 1. The van der Waals surface area contributed by atoms with Gasteiger partial charge >= 0.3 is 0 Å². The first-order valence-electron chi connectivity index (χ1n) is 16.9. The fourth-order valence-corrected chi connectivity index (χ4v) is 6.24. The molecule has 2 N–H and O–H groups in total. The third-order valence-electron chi connectivity index (χ3n) is 9.12. The van der Waals surface area contributed by atoms with Crippen molar-refractivity contribution in [2.24, 2.45) is 0 Å². The van der Waals surface area contributed by atoms with E-state index in [1.165, 1.54) is 18.7 Å². The van der Waals surface area contributed by atoms with Gasteiger partial charge in [0.05, 0.1) is 37.2 Å². The van der Waals surface area contributed by atoms with Crippen LogP contribution in [0, 0.1) is 6.92 Å². The number of pyridine rings is 1. The van der Waals surface area contributed by atoms with Crippen LogP contribution in [0.1, 0.15) is 18.4 Å². The van der Waals surface area contributed by atoms with Gasteiger partial charge in [-0.2, -0.15) is 5.10 Å². The summed E-state index contributed by atoms with van der Waals surface area (Å²) < 4.78 is 40.5. The van der Waals surface area contributed by atoms with Crippen molar-refractivity contribution in [3.8, 4) is 23.0 Å². The summed E-state index contributed by atoms with van der Waals surface area (Å²) in [5, 5.41) is 10.8. The number of halogens is 1. The number of nitrogens with zero attached hydrogens (tertiary/aromatic N) is 7. The molecule has 266 valence electrons. The lowest BCUT2D eigenvalue weighted by atomic mass is 10.1. The number of carbonyl (C=O) groups excluding carboxylic acids is 1. The lowest BCUT2D eigenvalue weighted by Gasteiger charge is -2.26. The zero-order valence-electron chi connectivity index (χ0n) is 28.8. The van der Waals surface area contributed by atoms with Crippen LogP contribution in [0.2, 0.25) is 0 Å². The van der Waals surface area contributed by atoms with Gasteiger partial charge in [0.1, 0.15) is 48.1 Å². The van der Waals surface area contributed by atoms with E-state index in [4.69, 9.17) is 18.9 Å². The standard InChI is InChI=1S/C36H40FN9O5/c1-23-15-29(32(48-3)20-31(23)51-25-6-8-46-34(17-25)39-22-41-46)42-35-26-18-30(43-36(47)27(37)16-24-5-4-7-44(24)2)33(19-28(26)38-21-40-35)50-14-11-45-9-12-49-13-10-45/h6,8,15-22,24H,4-5,7,9-14H2,1-3H3,(H,43,47)(H,38,40,42)/b27-16-/t24-/m1/s1. The van der Waals surface area contributed by atoms with Crippen LogP contribution in [-0.2, 0) is 9.53 Å². The first-order valence-corrected chi connectivity index (χ1v) is 16.9. The Balaban J connectivity index is 1.17. The number of likely N-dealkylation sites (N-methyl/N-ethyl adjacent to an activating group) is 1. The van der Waals surface area contributed by atoms with Crippen molar-refractivity contribution in [3.63, 3.8) is 0 Å². The van der Waals surface area contributed by atoms with Crippen LogP contribution < -0.4 is 24.8 Å². The third-order valence-corrected chi connectivity index (χ3v) is 9.12. The molecule has 2 aliphatic heterocycles. The molecule has 3 aromatic heterocycles. The van der Waals surface area contributed by atoms with E-state index in [-0.39, 0.29) is 6.04 Å². The number of fused-ring (bicyclic) bond motifs is 2. The van der Waals surface area contributed by atoms with Gasteiger partial charge in [0.2, 0.25) is 0 Å². The van der Waals surface area contributed by atoms with Gasteiger partial charge in [-0.1, -0.05) is 0 Å². The van der Waals surface area contributed by atoms with Gasteiger partial charge in [0.15, 0.2) is 11.5 Å². The van der Waals surface area contributed by atoms with Crippen LogP contribution in [0.3, 0.4) is 0 Å². The Labute approximate surface area is 294 Å². The molecule has 0 bridgehead atoms. The maximum atomic E-state index is 15.3. The highest BCUT2D eigenvalue weighted by Gasteiger charge is 2.23. The third kappa shape index (κ3) is 7.85. The van der Waals surface area contributed by atoms with Crippen molar-refractivity contribution in [2.45, 2.75) is 25.8 Å². The number of rotatable bonds is 12. The van der Waals surface area contributed by atoms with E-state index >= 15 is 4.39 Å². The molecular formula is C36H40FN9O5. The number of methoxy groups -OCH3 is 1. The number of aromatic nitrogens is 5. The van der Waals surface area contributed by atoms with E-state index in [0.717, 1.165) is 38.0 Å². The summed E-state index contributed by atoms with van der Waals surface area (Å²) in [7, 11) is 3.49. The molecular weight excluding hydrogens is 657 g/mol. The number of benzene rings is 2. The van der Waals surface area contributed by atoms with Crippen molar-refractivity contribution in [3.05, 3.63) is 72.7 Å². The Kier molecular flexibility index (Phi) is 10.2. The normalized spacial score (nSPS) is 17.2. The second-order valence-corrected chi connectivity index (χ2v) is 12.5. The predicted molar refractivity (Wildman–Crippen MR) is 190 cm³/mol. The van der Waals surface area contributed by atoms with E-state index in [2.05, 4.69) is 35.6 Å². The Hall–Kier alpha value is -5.38. The molecule has 15 heteroatoms. The van der Waals surface area contributed by atoms with E-state index in [1.54, 1.807) is 48.2 Å². The Morgan fingerprint density at radius 1 is 1.04 bits per heavy atom. The zero-order chi connectivity index (χ0) is 35.3. The molecule has 0 saturated carbocycles. The molecule has 0 radical (unpaired) electrons. The maximum absolute atomic E-state index is 15.3. The largest absolute Gasteiger partial charge is 0.494 e. The molecule has 2 fully saturated rings. The molecule has 7 rings (SSSR count). The predicted octanol–water partition coefficient (Wildman–Crippen LogP) is 5.12. The smallest absolute Gasteiger partial charge is 0.284 e. The van der Waals surface area contributed by atoms with Gasteiger partial charge < -0.3 is 29.6 Å². The molecule has 1 atom stereocenters. The average molecular weight is 698 g/mol. The molecule has 0 aliphatic carbocycles. The molecule has 51 heavy (non-hydrogen) atoms. The summed E-state index contributed by atoms with van der Waals surface area (Å²) in [5.41, 5.74) is 2.98. The highest BCUT2D eigenvalue weighted by molar-refractivity contribution is 6.05. The summed E-state index contributed by atoms with van der Waals surface area (Å²) in [4.78, 5) is 30.7. The molecule has 2 saturated heterocycles. The minimum absolute atomic E-state index is 0.131. The summed E-state index contributed by atoms with van der Waals surface area (Å²) in [5.74, 6) is 0.821. The Morgan fingerprint density at radius 2 is 1.90 bits per heavy atom. The van der Waals surface area contributed by atoms with E-state index < -0.39 is 11.7 Å². The van der Waals surface area contributed by atoms with Gasteiger partial charge in [-0.25, -0.2) is 23.9 Å². The lowest BCUT2D eigenvalue weighted by molar-refractivity contribution is -0.114. The molecule has 2 aromatic carbocycles. The molecule has 2 aliphatic rings. The maximum Gasteiger partial charge on any atom is 0.284 e. The Bertz CT molecular complexity index is 2070. The molecule has 5 aromatic rings. The van der Waals surface area contributed by atoms with Gasteiger partial charge in [-0.05, 0) is 63.2 Å². The fourth-order valence-electron chi connectivity index (χ4n) is 6.24. The van der Waals surface area contributed by atoms with Gasteiger partial charge in [-0.15, -0.1) is 0 Å². The van der Waals surface area contributed by atoms with E-state index in [9.17, 15) is 4.79 Å². The summed E-state index contributed by atoms with van der Waals surface area (Å²) >= 11 is 0. The van der Waals surface area contributed by atoms with Crippen LogP contribution in [-0.4, -0.2) is 106 Å². The van der Waals surface area contributed by atoms with Crippen LogP contribution >= 0.6 is 0 Å². The number of ether oxygens (including phenoxy) is 4. The summed E-state index contributed by atoms with van der Waals surface area (Å²) in [6.45, 7) is 6.78. The first-order chi connectivity index (χ1) is 24.8. The van der Waals surface area contributed by atoms with Crippen LogP contribution in [0.15, 0.2) is 67.2 Å². The molecule has 14 nitrogen and oxygen atoms in total. The van der Waals surface area contributed by atoms with Crippen molar-refractivity contribution < 1.29 is 28.1 Å². The zero-order valence-corrected chi connectivity index (χ0v) is 28.8. The monoisotopic (exact) mass is 697 g/mol. The summed E-state index contributed by atoms with van der Waals surface area (Å²) in [6.07, 6.45) is 7.83. The fraction of sp³-hybridized carbons (Fsp3) is 0.361. The molecule has 0 spiro atoms. The van der Waals surface area contributed by atoms with Crippen molar-refractivity contribution in [2.75, 3.05) is 70.8 Å². The van der Waals surface area contributed by atoms with Crippen molar-refractivity contribution in [1.29, 1.82) is 0 Å². The second-order valence-electron chi connectivity index (χ2n) is 12.5. The Morgan fingerprint density at radius 3 is 2.71 bits per heavy atom. The topological polar surface area (TPSA) is 141 Å². The quantitative estimate of drug-likeness (QED) is 0.167. The van der Waals surface area contributed by atoms with Crippen molar-refractivity contribution in [1.82, 2.24) is 34.4 Å². The number of morpholine rings is 1. The number of amides is 1. The van der Waals surface area contributed by atoms with Crippen LogP contribution in [0.4, 0.5) is 21.6 Å². The number of hydrogen-bond acceptors (Lipinski definition) is 12. The first kappa shape index (κ1) is 34.1. The molecule has 0 unspecified atom stereocenters. The molecule has 5 heterocycles. The molecule has 1 amide bonds. The van der Waals surface area contributed by atoms with Crippen molar-refractivity contribution >= 4 is 39.6 Å². The van der Waals surface area contributed by atoms with Crippen LogP contribution in [0.5, 0.6) is 23.0 Å². The number of anilines is 3. The van der Waals surface area contributed by atoms with Crippen LogP contribution in [0.25, 0.3) is 16.6 Å². The van der Waals surface area contributed by atoms with Gasteiger partial charge in [0, 0.05) is 55.5 Å². The number of carbonyl (C=O) groups is 1. The highest BCUT2D eigenvalue weighted by atomic mass is 19.1. The average Bonchev–Trinajstić information content (AvgIpc) is 3.78. The number of hydrogen-bond donors (Lipinski definition) is 2. The SMILES string of the molecule is COc1cc(Oc2ccn3ncnc3c2)c(C)cc1Nc1ncnc2cc(OCCN3CCOCC3)c(NC(=O)/C(F)=C/[C@H]3CCCN3C)cc12. The lowest BCUT2D eigenvalue weighted by Crippen LogP contribution is -2.38. The number of aryl methyl sites for hydroxylation is 1. The van der Waals surface area contributed by atoms with Gasteiger partial charge in [-0.3, -0.25) is 14.6 Å².